The first-order valence-electron chi connectivity index (χ1n) is 5.55. The van der Waals surface area contributed by atoms with Gasteiger partial charge in [0.15, 0.2) is 0 Å². The highest BCUT2D eigenvalue weighted by Gasteiger charge is 2.32. The van der Waals surface area contributed by atoms with Gasteiger partial charge in [-0.15, -0.1) is 23.5 Å². The maximum atomic E-state index is 2.35. The molecule has 0 saturated carbocycles. The number of hydrogen-bond donors (Lipinski definition) is 0. The molecule has 1 aliphatic heterocycles. The fourth-order valence-corrected chi connectivity index (χ4v) is 5.02. The van der Waals surface area contributed by atoms with E-state index in [-0.39, 0.29) is 4.08 Å². The van der Waals surface area contributed by atoms with Crippen LogP contribution in [0.1, 0.15) is 12.5 Å². The fourth-order valence-electron chi connectivity index (χ4n) is 2.15. The van der Waals surface area contributed by atoms with Gasteiger partial charge in [-0.2, -0.15) is 0 Å². The normalized spacial score (nSPS) is 19.1. The van der Waals surface area contributed by atoms with E-state index in [1.54, 1.807) is 0 Å². The Hall–Kier alpha value is -0.600. The van der Waals surface area contributed by atoms with E-state index < -0.39 is 0 Å². The van der Waals surface area contributed by atoms with Crippen molar-refractivity contribution in [2.24, 2.45) is 0 Å². The van der Waals surface area contributed by atoms with Gasteiger partial charge in [-0.05, 0) is 29.3 Å². The Bertz CT molecular complexity index is 513. The topological polar surface area (TPSA) is 0 Å². The van der Waals surface area contributed by atoms with Crippen LogP contribution >= 0.6 is 23.5 Å². The van der Waals surface area contributed by atoms with E-state index in [2.05, 4.69) is 72.9 Å². The zero-order chi connectivity index (χ0) is 11.0. The summed E-state index contributed by atoms with van der Waals surface area (Å²) in [5.41, 5.74) is 1.46. The number of rotatable bonds is 1. The third-order valence-electron chi connectivity index (χ3n) is 3.11. The van der Waals surface area contributed by atoms with E-state index in [9.17, 15) is 0 Å². The van der Waals surface area contributed by atoms with E-state index >= 15 is 0 Å². The van der Waals surface area contributed by atoms with E-state index in [1.807, 2.05) is 0 Å². The van der Waals surface area contributed by atoms with Crippen molar-refractivity contribution in [3.8, 4) is 0 Å². The molecule has 2 aromatic carbocycles. The molecule has 0 unspecified atom stereocenters. The highest BCUT2D eigenvalue weighted by Crippen LogP contribution is 2.51. The van der Waals surface area contributed by atoms with Crippen molar-refractivity contribution in [2.45, 2.75) is 11.0 Å². The van der Waals surface area contributed by atoms with Crippen molar-refractivity contribution in [1.82, 2.24) is 0 Å². The van der Waals surface area contributed by atoms with Crippen LogP contribution in [0, 0.1) is 0 Å². The van der Waals surface area contributed by atoms with Crippen LogP contribution in [0.2, 0.25) is 0 Å². The summed E-state index contributed by atoms with van der Waals surface area (Å²) in [6.45, 7) is 2.35. The Labute approximate surface area is 105 Å². The van der Waals surface area contributed by atoms with Crippen molar-refractivity contribution >= 4 is 34.3 Å². The molecule has 1 aliphatic rings. The molecule has 0 aliphatic carbocycles. The molecule has 2 heteroatoms. The summed E-state index contributed by atoms with van der Waals surface area (Å²) in [7, 11) is 0. The maximum absolute atomic E-state index is 2.35. The zero-order valence-electron chi connectivity index (χ0n) is 9.27. The number of thioether (sulfide) groups is 2. The molecule has 3 rings (SSSR count). The summed E-state index contributed by atoms with van der Waals surface area (Å²) in [4.78, 5) is 0. The lowest BCUT2D eigenvalue weighted by molar-refractivity contribution is 1.03. The van der Waals surface area contributed by atoms with Crippen LogP contribution in [0.15, 0.2) is 42.5 Å². The molecule has 0 nitrogen and oxygen atoms in total. The predicted octanol–water partition coefficient (Wildman–Crippen LogP) is 4.49. The Kier molecular flexibility index (Phi) is 2.64. The standard InChI is InChI=1S/C14H14S2/c1-14(15-8-9-16-14)13-7-6-11-4-2-3-5-12(11)10-13/h2-7,10H,8-9H2,1H3. The first kappa shape index (κ1) is 10.5. The molecular weight excluding hydrogens is 232 g/mol. The molecule has 1 saturated heterocycles. The van der Waals surface area contributed by atoms with Gasteiger partial charge < -0.3 is 0 Å². The first-order valence-corrected chi connectivity index (χ1v) is 7.52. The second-order valence-corrected chi connectivity index (χ2v) is 7.49. The largest absolute Gasteiger partial charge is 0.139 e. The molecule has 1 fully saturated rings. The summed E-state index contributed by atoms with van der Waals surface area (Å²) < 4.78 is 0.268. The van der Waals surface area contributed by atoms with Crippen molar-refractivity contribution in [3.05, 3.63) is 48.0 Å². The van der Waals surface area contributed by atoms with E-state index in [0.29, 0.717) is 0 Å². The third-order valence-corrected chi connectivity index (χ3v) is 6.47. The monoisotopic (exact) mass is 246 g/mol. The van der Waals surface area contributed by atoms with Crippen molar-refractivity contribution in [1.29, 1.82) is 0 Å². The van der Waals surface area contributed by atoms with E-state index in [0.717, 1.165) is 0 Å². The van der Waals surface area contributed by atoms with Gasteiger partial charge in [-0.3, -0.25) is 0 Å². The lowest BCUT2D eigenvalue weighted by Gasteiger charge is -2.22. The predicted molar refractivity (Wildman–Crippen MR) is 76.2 cm³/mol. The molecule has 82 valence electrons. The molecule has 0 aromatic heterocycles. The summed E-state index contributed by atoms with van der Waals surface area (Å²) in [5, 5.41) is 2.69. The van der Waals surface area contributed by atoms with Crippen LogP contribution in [-0.2, 0) is 4.08 Å². The van der Waals surface area contributed by atoms with Gasteiger partial charge >= 0.3 is 0 Å². The minimum atomic E-state index is 0.268. The molecular formula is C14H14S2. The molecule has 0 atom stereocenters. The summed E-state index contributed by atoms with van der Waals surface area (Å²) in [5.74, 6) is 2.54. The van der Waals surface area contributed by atoms with Crippen molar-refractivity contribution in [2.75, 3.05) is 11.5 Å². The third kappa shape index (κ3) is 1.74. The smallest absolute Gasteiger partial charge is 0.0832 e. The molecule has 16 heavy (non-hydrogen) atoms. The minimum absolute atomic E-state index is 0.268. The molecule has 0 bridgehead atoms. The van der Waals surface area contributed by atoms with Gasteiger partial charge in [0.1, 0.15) is 0 Å². The Balaban J connectivity index is 2.11. The molecule has 1 heterocycles. The Morgan fingerprint density at radius 3 is 2.38 bits per heavy atom. The highest BCUT2D eigenvalue weighted by atomic mass is 32.2. The molecule has 2 aromatic rings. The second kappa shape index (κ2) is 4.01. The number of benzene rings is 2. The molecule has 0 spiro atoms. The van der Waals surface area contributed by atoms with Crippen LogP contribution in [0.4, 0.5) is 0 Å². The van der Waals surface area contributed by atoms with E-state index in [4.69, 9.17) is 0 Å². The summed E-state index contributed by atoms with van der Waals surface area (Å²) in [6.07, 6.45) is 0. The Morgan fingerprint density at radius 2 is 1.62 bits per heavy atom. The van der Waals surface area contributed by atoms with Gasteiger partial charge in [0.25, 0.3) is 0 Å². The van der Waals surface area contributed by atoms with Crippen LogP contribution in [-0.4, -0.2) is 11.5 Å². The quantitative estimate of drug-likeness (QED) is 0.727. The lowest BCUT2D eigenvalue weighted by atomic mass is 10.1. The van der Waals surface area contributed by atoms with Gasteiger partial charge in [-0.1, -0.05) is 36.4 Å². The van der Waals surface area contributed by atoms with E-state index in [1.165, 1.54) is 27.8 Å². The lowest BCUT2D eigenvalue weighted by Crippen LogP contribution is -2.07. The van der Waals surface area contributed by atoms with Gasteiger partial charge in [0, 0.05) is 11.5 Å². The average Bonchev–Trinajstić information content (AvgIpc) is 2.77. The van der Waals surface area contributed by atoms with Crippen molar-refractivity contribution < 1.29 is 0 Å². The zero-order valence-corrected chi connectivity index (χ0v) is 10.9. The summed E-state index contributed by atoms with van der Waals surface area (Å²) >= 11 is 4.14. The fraction of sp³-hybridized carbons (Fsp3) is 0.286. The molecule has 0 amide bonds. The SMILES string of the molecule is CC1(c2ccc3ccccc3c2)SCCS1. The minimum Gasteiger partial charge on any atom is -0.139 e. The Morgan fingerprint density at radius 1 is 0.938 bits per heavy atom. The second-order valence-electron chi connectivity index (χ2n) is 4.20. The highest BCUT2D eigenvalue weighted by molar-refractivity contribution is 8.20. The summed E-state index contributed by atoms with van der Waals surface area (Å²) in [6, 6.07) is 15.5. The van der Waals surface area contributed by atoms with Crippen LogP contribution < -0.4 is 0 Å². The van der Waals surface area contributed by atoms with Crippen LogP contribution in [0.25, 0.3) is 10.8 Å². The van der Waals surface area contributed by atoms with Crippen LogP contribution in [0.5, 0.6) is 0 Å². The first-order chi connectivity index (χ1) is 7.78. The average molecular weight is 246 g/mol. The molecule has 0 N–H and O–H groups in total. The van der Waals surface area contributed by atoms with Crippen LogP contribution in [0.3, 0.4) is 0 Å². The van der Waals surface area contributed by atoms with Crippen molar-refractivity contribution in [3.63, 3.8) is 0 Å². The maximum Gasteiger partial charge on any atom is 0.0832 e. The number of hydrogen-bond acceptors (Lipinski definition) is 2. The molecule has 0 radical (unpaired) electrons. The van der Waals surface area contributed by atoms with Gasteiger partial charge in [0.2, 0.25) is 0 Å². The van der Waals surface area contributed by atoms with Gasteiger partial charge in [0.05, 0.1) is 4.08 Å². The van der Waals surface area contributed by atoms with Gasteiger partial charge in [-0.25, -0.2) is 0 Å². The number of fused-ring (bicyclic) bond motifs is 1.